The van der Waals surface area contributed by atoms with Gasteiger partial charge in [-0.2, -0.15) is 5.10 Å². The van der Waals surface area contributed by atoms with E-state index in [1.807, 2.05) is 60.8 Å². The number of rotatable bonds is 9. The highest BCUT2D eigenvalue weighted by Gasteiger charge is 2.13. The smallest absolute Gasteiger partial charge is 0.271 e. The van der Waals surface area contributed by atoms with Crippen molar-refractivity contribution in [3.8, 4) is 22.0 Å². The number of aromatic nitrogens is 3. The summed E-state index contributed by atoms with van der Waals surface area (Å²) in [6.45, 7) is 1.46. The van der Waals surface area contributed by atoms with Gasteiger partial charge in [-0.15, -0.1) is 11.3 Å². The van der Waals surface area contributed by atoms with Gasteiger partial charge in [0, 0.05) is 30.8 Å². The molecule has 2 aromatic heterocycles. The molecule has 8 heteroatoms. The van der Waals surface area contributed by atoms with Crippen LogP contribution in [0.3, 0.4) is 0 Å². The first-order valence-corrected chi connectivity index (χ1v) is 10.7. The summed E-state index contributed by atoms with van der Waals surface area (Å²) >= 11 is 1.42. The fourth-order valence-corrected chi connectivity index (χ4v) is 3.66. The predicted molar refractivity (Wildman–Crippen MR) is 120 cm³/mol. The number of ether oxygens (including phenoxy) is 2. The Hall–Kier alpha value is -3.49. The number of para-hydroxylation sites is 1. The molecule has 0 spiro atoms. The highest BCUT2D eigenvalue weighted by molar-refractivity contribution is 7.13. The van der Waals surface area contributed by atoms with Crippen LogP contribution in [0.25, 0.3) is 16.3 Å². The van der Waals surface area contributed by atoms with Crippen LogP contribution in [0, 0.1) is 0 Å². The van der Waals surface area contributed by atoms with Crippen LogP contribution < -0.4 is 10.1 Å². The van der Waals surface area contributed by atoms with Gasteiger partial charge in [-0.3, -0.25) is 4.79 Å². The van der Waals surface area contributed by atoms with Crippen molar-refractivity contribution in [2.75, 3.05) is 20.3 Å². The van der Waals surface area contributed by atoms with Gasteiger partial charge < -0.3 is 14.8 Å². The normalized spacial score (nSPS) is 10.7. The summed E-state index contributed by atoms with van der Waals surface area (Å²) in [5.74, 6) is 0.561. The average Bonchev–Trinajstić information content (AvgIpc) is 3.49. The Bertz CT molecular complexity index is 1120. The van der Waals surface area contributed by atoms with Crippen LogP contribution >= 0.6 is 11.3 Å². The fourth-order valence-electron chi connectivity index (χ4n) is 2.89. The number of nitrogens with zero attached hydrogens (tertiary/aromatic N) is 3. The van der Waals surface area contributed by atoms with E-state index in [2.05, 4.69) is 15.4 Å². The first kappa shape index (κ1) is 20.8. The zero-order valence-electron chi connectivity index (χ0n) is 17.0. The maximum Gasteiger partial charge on any atom is 0.271 e. The predicted octanol–water partition coefficient (Wildman–Crippen LogP) is 3.95. The number of carbonyl (C=O) groups is 1. The summed E-state index contributed by atoms with van der Waals surface area (Å²) in [6.07, 6.45) is 3.66. The number of benzene rings is 2. The Morgan fingerprint density at radius 3 is 2.68 bits per heavy atom. The van der Waals surface area contributed by atoms with E-state index in [1.165, 1.54) is 11.3 Å². The van der Waals surface area contributed by atoms with Crippen LogP contribution in [0.4, 0.5) is 0 Å². The minimum atomic E-state index is -0.210. The van der Waals surface area contributed by atoms with Crippen molar-refractivity contribution < 1.29 is 14.3 Å². The molecule has 0 saturated carbocycles. The summed E-state index contributed by atoms with van der Waals surface area (Å²) in [6, 6.07) is 17.5. The van der Waals surface area contributed by atoms with Gasteiger partial charge in [-0.05, 0) is 29.8 Å². The van der Waals surface area contributed by atoms with Gasteiger partial charge in [0.05, 0.1) is 18.5 Å². The van der Waals surface area contributed by atoms with Crippen LogP contribution in [0.15, 0.2) is 72.4 Å². The number of methoxy groups -OCH3 is 1. The van der Waals surface area contributed by atoms with Gasteiger partial charge in [0.1, 0.15) is 23.1 Å². The van der Waals surface area contributed by atoms with Crippen molar-refractivity contribution in [1.29, 1.82) is 0 Å². The number of carbonyl (C=O) groups excluding carboxylic acids is 1. The lowest BCUT2D eigenvalue weighted by atomic mass is 10.2. The number of hydrogen-bond acceptors (Lipinski definition) is 6. The van der Waals surface area contributed by atoms with Crippen molar-refractivity contribution in [1.82, 2.24) is 20.1 Å². The maximum atomic E-state index is 12.5. The van der Waals surface area contributed by atoms with Gasteiger partial charge in [0.2, 0.25) is 0 Å². The number of nitrogens with one attached hydrogen (secondary N) is 1. The molecule has 31 heavy (non-hydrogen) atoms. The quantitative estimate of drug-likeness (QED) is 0.404. The summed E-state index contributed by atoms with van der Waals surface area (Å²) in [5.41, 5.74) is 3.22. The summed E-state index contributed by atoms with van der Waals surface area (Å²) in [5, 5.41) is 9.81. The third-order valence-corrected chi connectivity index (χ3v) is 5.41. The molecule has 0 aliphatic heterocycles. The second-order valence-electron chi connectivity index (χ2n) is 6.71. The summed E-state index contributed by atoms with van der Waals surface area (Å²) in [7, 11) is 1.64. The Morgan fingerprint density at radius 1 is 1.10 bits per heavy atom. The summed E-state index contributed by atoms with van der Waals surface area (Å²) < 4.78 is 12.3. The van der Waals surface area contributed by atoms with E-state index in [9.17, 15) is 4.79 Å². The Morgan fingerprint density at radius 2 is 1.90 bits per heavy atom. The Balaban J connectivity index is 1.34. The largest absolute Gasteiger partial charge is 0.491 e. The van der Waals surface area contributed by atoms with Crippen LogP contribution in [0.1, 0.15) is 16.1 Å². The maximum absolute atomic E-state index is 12.5. The van der Waals surface area contributed by atoms with Crippen molar-refractivity contribution in [2.45, 2.75) is 6.54 Å². The van der Waals surface area contributed by atoms with E-state index in [0.29, 0.717) is 25.5 Å². The third kappa shape index (κ3) is 5.36. The lowest BCUT2D eigenvalue weighted by molar-refractivity contribution is 0.0946. The topological polar surface area (TPSA) is 78.3 Å². The monoisotopic (exact) mass is 434 g/mol. The minimum Gasteiger partial charge on any atom is -0.491 e. The van der Waals surface area contributed by atoms with Crippen molar-refractivity contribution in [3.63, 3.8) is 0 Å². The second kappa shape index (κ2) is 10.0. The zero-order chi connectivity index (χ0) is 21.5. The van der Waals surface area contributed by atoms with Crippen LogP contribution in [-0.2, 0) is 11.3 Å². The molecule has 0 unspecified atom stereocenters. The molecule has 158 valence electrons. The first-order chi connectivity index (χ1) is 15.2. The Kier molecular flexibility index (Phi) is 6.71. The SMILES string of the molecule is COCCOc1ccc(CNC(=O)c2csc(-c3cnn(-c4ccccc4)c3)n2)cc1. The molecule has 7 nitrogen and oxygen atoms in total. The first-order valence-electron chi connectivity index (χ1n) is 9.78. The molecule has 0 aliphatic carbocycles. The van der Waals surface area contributed by atoms with Crippen molar-refractivity contribution in [2.24, 2.45) is 0 Å². The van der Waals surface area contributed by atoms with Gasteiger partial charge in [0.25, 0.3) is 5.91 Å². The molecule has 1 N–H and O–H groups in total. The van der Waals surface area contributed by atoms with Gasteiger partial charge in [-0.25, -0.2) is 9.67 Å². The average molecular weight is 435 g/mol. The molecule has 1 amide bonds. The van der Waals surface area contributed by atoms with Gasteiger partial charge in [-0.1, -0.05) is 30.3 Å². The van der Waals surface area contributed by atoms with E-state index in [4.69, 9.17) is 9.47 Å². The summed E-state index contributed by atoms with van der Waals surface area (Å²) in [4.78, 5) is 17.0. The molecule has 2 aromatic carbocycles. The van der Waals surface area contributed by atoms with E-state index >= 15 is 0 Å². The fraction of sp³-hybridized carbons (Fsp3) is 0.174. The molecular formula is C23H22N4O3S. The minimum absolute atomic E-state index is 0.210. The van der Waals surface area contributed by atoms with E-state index in [0.717, 1.165) is 27.6 Å². The molecule has 4 aromatic rings. The van der Waals surface area contributed by atoms with Crippen LogP contribution in [0.2, 0.25) is 0 Å². The molecule has 0 atom stereocenters. The van der Waals surface area contributed by atoms with Crippen molar-refractivity contribution >= 4 is 17.2 Å². The lowest BCUT2D eigenvalue weighted by Gasteiger charge is -2.07. The molecule has 2 heterocycles. The number of amides is 1. The van der Waals surface area contributed by atoms with Gasteiger partial charge in [0.15, 0.2) is 0 Å². The second-order valence-corrected chi connectivity index (χ2v) is 7.57. The molecule has 0 bridgehead atoms. The molecule has 0 radical (unpaired) electrons. The highest BCUT2D eigenvalue weighted by Crippen LogP contribution is 2.24. The van der Waals surface area contributed by atoms with E-state index in [-0.39, 0.29) is 5.91 Å². The van der Waals surface area contributed by atoms with E-state index in [1.54, 1.807) is 23.4 Å². The Labute approximate surface area is 184 Å². The molecular weight excluding hydrogens is 412 g/mol. The van der Waals surface area contributed by atoms with Gasteiger partial charge >= 0.3 is 0 Å². The molecule has 0 fully saturated rings. The highest BCUT2D eigenvalue weighted by atomic mass is 32.1. The molecule has 0 saturated heterocycles. The third-order valence-electron chi connectivity index (χ3n) is 4.52. The van der Waals surface area contributed by atoms with E-state index < -0.39 is 0 Å². The zero-order valence-corrected chi connectivity index (χ0v) is 17.8. The molecule has 4 rings (SSSR count). The molecule has 0 aliphatic rings. The standard InChI is InChI=1S/C23H22N4O3S/c1-29-11-12-30-20-9-7-17(8-10-20)13-24-22(28)21-16-31-23(26-21)18-14-25-27(15-18)19-5-3-2-4-6-19/h2-10,14-16H,11-13H2,1H3,(H,24,28). The van der Waals surface area contributed by atoms with Crippen molar-refractivity contribution in [3.05, 3.63) is 83.6 Å². The lowest BCUT2D eigenvalue weighted by Crippen LogP contribution is -2.23. The number of thiazole rings is 1. The number of hydrogen-bond donors (Lipinski definition) is 1. The van der Waals surface area contributed by atoms with Crippen LogP contribution in [0.5, 0.6) is 5.75 Å². The van der Waals surface area contributed by atoms with Crippen LogP contribution in [-0.4, -0.2) is 41.0 Å².